The Balaban J connectivity index is 1.80. The van der Waals surface area contributed by atoms with E-state index >= 15 is 0 Å². The van der Waals surface area contributed by atoms with Gasteiger partial charge in [0.15, 0.2) is 0 Å². The molecule has 0 spiro atoms. The number of hydrogen-bond donors (Lipinski definition) is 2. The van der Waals surface area contributed by atoms with E-state index in [4.69, 9.17) is 16.3 Å². The van der Waals surface area contributed by atoms with E-state index in [1.807, 2.05) is 26.0 Å². The Hall–Kier alpha value is -0.770. The number of aliphatic hydroxyl groups is 1. The van der Waals surface area contributed by atoms with Crippen LogP contribution in [0.3, 0.4) is 0 Å². The van der Waals surface area contributed by atoms with Crippen molar-refractivity contribution in [1.29, 1.82) is 0 Å². The van der Waals surface area contributed by atoms with Crippen LogP contribution < -0.4 is 9.64 Å². The first kappa shape index (κ1) is 16.6. The molecule has 1 atom stereocenters. The molecule has 0 aromatic heterocycles. The molecule has 4 heteroatoms. The molecule has 1 fully saturated rings. The second-order valence-corrected chi connectivity index (χ2v) is 6.85. The lowest BCUT2D eigenvalue weighted by Gasteiger charge is -2.28. The number of aryl methyl sites for hydroxylation is 2. The molecule has 0 saturated carbocycles. The molecule has 2 rings (SSSR count). The first-order valence-electron chi connectivity index (χ1n) is 7.87. The summed E-state index contributed by atoms with van der Waals surface area (Å²) in [5, 5.41) is 10.9. The van der Waals surface area contributed by atoms with Crippen LogP contribution in [0.5, 0.6) is 5.75 Å². The number of halogens is 1. The van der Waals surface area contributed by atoms with Gasteiger partial charge in [0.05, 0.1) is 13.1 Å². The van der Waals surface area contributed by atoms with Crippen molar-refractivity contribution in [3.05, 3.63) is 28.3 Å². The van der Waals surface area contributed by atoms with Gasteiger partial charge >= 0.3 is 0 Å². The minimum atomic E-state index is -0.412. The number of quaternary nitrogens is 1. The molecular formula is C17H27ClNO2+. The molecule has 21 heavy (non-hydrogen) atoms. The first-order chi connectivity index (χ1) is 9.95. The van der Waals surface area contributed by atoms with Gasteiger partial charge in [0.1, 0.15) is 25.0 Å². The molecule has 0 aliphatic carbocycles. The number of nitrogens with one attached hydrogen (secondary N) is 1. The van der Waals surface area contributed by atoms with Crippen LogP contribution >= 0.6 is 11.6 Å². The fraction of sp³-hybridized carbons (Fsp3) is 0.647. The van der Waals surface area contributed by atoms with E-state index < -0.39 is 6.10 Å². The van der Waals surface area contributed by atoms with Crippen LogP contribution in [0.2, 0.25) is 5.02 Å². The summed E-state index contributed by atoms with van der Waals surface area (Å²) in [5.74, 6) is 1.62. The summed E-state index contributed by atoms with van der Waals surface area (Å²) in [6.07, 6.45) is 2.11. The quantitative estimate of drug-likeness (QED) is 0.872. The number of rotatable bonds is 5. The molecule has 0 radical (unpaired) electrons. The average molecular weight is 313 g/mol. The van der Waals surface area contributed by atoms with Gasteiger partial charge in [-0.3, -0.25) is 0 Å². The average Bonchev–Trinajstić information content (AvgIpc) is 2.45. The molecule has 1 aliphatic rings. The van der Waals surface area contributed by atoms with E-state index in [0.717, 1.165) is 47.5 Å². The van der Waals surface area contributed by atoms with E-state index in [1.165, 1.54) is 17.7 Å². The SMILES string of the molecule is Cc1cc(OC[C@@H](O)C[NH+]2CCC(C)CC2)cc(C)c1Cl. The monoisotopic (exact) mass is 312 g/mol. The smallest absolute Gasteiger partial charge is 0.137 e. The molecule has 1 saturated heterocycles. The molecular weight excluding hydrogens is 286 g/mol. The second-order valence-electron chi connectivity index (χ2n) is 6.47. The van der Waals surface area contributed by atoms with Crippen LogP contribution in [0.15, 0.2) is 12.1 Å². The first-order valence-corrected chi connectivity index (χ1v) is 8.24. The Labute approximate surface area is 132 Å². The highest BCUT2D eigenvalue weighted by molar-refractivity contribution is 6.32. The van der Waals surface area contributed by atoms with E-state index in [1.54, 1.807) is 0 Å². The fourth-order valence-electron chi connectivity index (χ4n) is 2.95. The largest absolute Gasteiger partial charge is 0.491 e. The van der Waals surface area contributed by atoms with Crippen LogP contribution in [0.25, 0.3) is 0 Å². The standard InChI is InChI=1S/C17H26ClNO2/c1-12-4-6-19(7-5-12)10-15(20)11-21-16-8-13(2)17(18)14(3)9-16/h8-9,12,15,20H,4-7,10-11H2,1-3H3/p+1/t15-/m0/s1. The Bertz CT molecular complexity index is 447. The van der Waals surface area contributed by atoms with E-state index in [-0.39, 0.29) is 0 Å². The molecule has 2 N–H and O–H groups in total. The minimum absolute atomic E-state index is 0.347. The van der Waals surface area contributed by atoms with Crippen molar-refractivity contribution in [1.82, 2.24) is 0 Å². The Morgan fingerprint density at radius 3 is 2.43 bits per heavy atom. The molecule has 118 valence electrons. The number of aliphatic hydroxyl groups excluding tert-OH is 1. The van der Waals surface area contributed by atoms with Gasteiger partial charge in [-0.1, -0.05) is 18.5 Å². The van der Waals surface area contributed by atoms with E-state index in [2.05, 4.69) is 6.92 Å². The van der Waals surface area contributed by atoms with E-state index in [0.29, 0.717) is 6.61 Å². The lowest BCUT2D eigenvalue weighted by molar-refractivity contribution is -0.909. The van der Waals surface area contributed by atoms with E-state index in [9.17, 15) is 5.11 Å². The molecule has 0 unspecified atom stereocenters. The van der Waals surface area contributed by atoms with Gasteiger partial charge < -0.3 is 14.7 Å². The van der Waals surface area contributed by atoms with Crippen molar-refractivity contribution in [2.24, 2.45) is 5.92 Å². The highest BCUT2D eigenvalue weighted by atomic mass is 35.5. The molecule has 0 bridgehead atoms. The summed E-state index contributed by atoms with van der Waals surface area (Å²) in [7, 11) is 0. The predicted molar refractivity (Wildman–Crippen MR) is 86.4 cm³/mol. The highest BCUT2D eigenvalue weighted by Crippen LogP contribution is 2.25. The van der Waals surface area contributed by atoms with Crippen LogP contribution in [-0.2, 0) is 0 Å². The number of piperidine rings is 1. The third-order valence-electron chi connectivity index (χ3n) is 4.36. The number of ether oxygens (including phenoxy) is 1. The zero-order valence-electron chi connectivity index (χ0n) is 13.3. The summed E-state index contributed by atoms with van der Waals surface area (Å²) in [6, 6.07) is 3.86. The van der Waals surface area contributed by atoms with Crippen molar-refractivity contribution >= 4 is 11.6 Å². The van der Waals surface area contributed by atoms with Crippen LogP contribution in [0.1, 0.15) is 30.9 Å². The normalized spacial score (nSPS) is 23.9. The van der Waals surface area contributed by atoms with Crippen molar-refractivity contribution in [2.75, 3.05) is 26.2 Å². The maximum atomic E-state index is 10.1. The molecule has 1 aromatic rings. The fourth-order valence-corrected chi connectivity index (χ4v) is 3.06. The second kappa shape index (κ2) is 7.48. The molecule has 1 heterocycles. The van der Waals surface area contributed by atoms with Gasteiger partial charge in [0, 0.05) is 5.02 Å². The highest BCUT2D eigenvalue weighted by Gasteiger charge is 2.21. The van der Waals surface area contributed by atoms with Gasteiger partial charge in [0.2, 0.25) is 0 Å². The number of likely N-dealkylation sites (tertiary alicyclic amines) is 1. The van der Waals surface area contributed by atoms with Gasteiger partial charge in [-0.2, -0.15) is 0 Å². The van der Waals surface area contributed by atoms with Gasteiger partial charge in [-0.25, -0.2) is 0 Å². The lowest BCUT2D eigenvalue weighted by atomic mass is 9.99. The summed E-state index contributed by atoms with van der Waals surface area (Å²) < 4.78 is 5.73. The third kappa shape index (κ3) is 4.87. The van der Waals surface area contributed by atoms with Crippen molar-refractivity contribution < 1.29 is 14.7 Å². The van der Waals surface area contributed by atoms with Crippen molar-refractivity contribution in [3.8, 4) is 5.75 Å². The van der Waals surface area contributed by atoms with Crippen molar-refractivity contribution in [2.45, 2.75) is 39.7 Å². The molecule has 1 aromatic carbocycles. The molecule has 1 aliphatic heterocycles. The molecule has 0 amide bonds. The zero-order chi connectivity index (χ0) is 15.4. The van der Waals surface area contributed by atoms with Gasteiger partial charge in [-0.05, 0) is 55.9 Å². The Morgan fingerprint density at radius 1 is 1.29 bits per heavy atom. The van der Waals surface area contributed by atoms with Gasteiger partial charge in [0.25, 0.3) is 0 Å². The van der Waals surface area contributed by atoms with Crippen LogP contribution in [-0.4, -0.2) is 37.5 Å². The maximum absolute atomic E-state index is 10.1. The van der Waals surface area contributed by atoms with Crippen LogP contribution in [0, 0.1) is 19.8 Å². The summed E-state index contributed by atoms with van der Waals surface area (Å²) in [5.41, 5.74) is 2.02. The Kier molecular flexibility index (Phi) is 5.91. The summed E-state index contributed by atoms with van der Waals surface area (Å²) in [4.78, 5) is 1.49. The maximum Gasteiger partial charge on any atom is 0.137 e. The van der Waals surface area contributed by atoms with Gasteiger partial charge in [-0.15, -0.1) is 0 Å². The third-order valence-corrected chi connectivity index (χ3v) is 4.95. The predicted octanol–water partition coefficient (Wildman–Crippen LogP) is 2.01. The Morgan fingerprint density at radius 2 is 1.86 bits per heavy atom. The molecule has 3 nitrogen and oxygen atoms in total. The zero-order valence-corrected chi connectivity index (χ0v) is 14.0. The summed E-state index contributed by atoms with van der Waals surface area (Å²) >= 11 is 6.14. The lowest BCUT2D eigenvalue weighted by Crippen LogP contribution is -3.14. The summed E-state index contributed by atoms with van der Waals surface area (Å²) in [6.45, 7) is 9.70. The number of benzene rings is 1. The minimum Gasteiger partial charge on any atom is -0.491 e. The van der Waals surface area contributed by atoms with Crippen molar-refractivity contribution in [3.63, 3.8) is 0 Å². The van der Waals surface area contributed by atoms with Crippen LogP contribution in [0.4, 0.5) is 0 Å². The topological polar surface area (TPSA) is 33.9 Å². The number of hydrogen-bond acceptors (Lipinski definition) is 2.